The smallest absolute Gasteiger partial charge is 0.232 e. The Morgan fingerprint density at radius 2 is 2.00 bits per heavy atom. The molecule has 1 aliphatic rings. The van der Waals surface area contributed by atoms with Crippen LogP contribution in [-0.4, -0.2) is 42.6 Å². The first kappa shape index (κ1) is 17.8. The highest BCUT2D eigenvalue weighted by Crippen LogP contribution is 2.19. The van der Waals surface area contributed by atoms with E-state index in [1.54, 1.807) is 6.92 Å². The number of aldehydes is 1. The molecule has 0 aromatic rings. The predicted molar refractivity (Wildman–Crippen MR) is 81.7 cm³/mol. The fourth-order valence-corrected chi connectivity index (χ4v) is 2.57. The molecule has 2 unspecified atom stereocenters. The lowest BCUT2D eigenvalue weighted by molar-refractivity contribution is -0.140. The Morgan fingerprint density at radius 1 is 1.29 bits per heavy atom. The van der Waals surface area contributed by atoms with Gasteiger partial charge in [-0.05, 0) is 13.0 Å². The van der Waals surface area contributed by atoms with Gasteiger partial charge in [0.05, 0.1) is 0 Å². The van der Waals surface area contributed by atoms with Gasteiger partial charge in [-0.15, -0.1) is 0 Å². The van der Waals surface area contributed by atoms with Crippen molar-refractivity contribution in [3.63, 3.8) is 0 Å². The number of hydrogen-bond donors (Lipinski definition) is 1. The Hall–Kier alpha value is -1.23. The SMILES string of the molecule is CCCCCCCNCC(C=O)CN1C(=O)CC(C)C1=O. The average Bonchev–Trinajstić information content (AvgIpc) is 2.71. The van der Waals surface area contributed by atoms with Crippen LogP contribution in [0, 0.1) is 11.8 Å². The Morgan fingerprint density at radius 3 is 2.57 bits per heavy atom. The molecule has 0 spiro atoms. The maximum atomic E-state index is 11.8. The van der Waals surface area contributed by atoms with Crippen LogP contribution in [0.25, 0.3) is 0 Å². The van der Waals surface area contributed by atoms with E-state index in [4.69, 9.17) is 0 Å². The van der Waals surface area contributed by atoms with Gasteiger partial charge in [0.25, 0.3) is 0 Å². The van der Waals surface area contributed by atoms with Crippen molar-refractivity contribution in [1.82, 2.24) is 10.2 Å². The van der Waals surface area contributed by atoms with Crippen LogP contribution < -0.4 is 5.32 Å². The number of carbonyl (C=O) groups excluding carboxylic acids is 3. The Balaban J connectivity index is 2.21. The molecule has 1 saturated heterocycles. The zero-order valence-electron chi connectivity index (χ0n) is 13.3. The lowest BCUT2D eigenvalue weighted by Gasteiger charge is -2.19. The van der Waals surface area contributed by atoms with Crippen molar-refractivity contribution in [3.8, 4) is 0 Å². The number of imide groups is 1. The third-order valence-electron chi connectivity index (χ3n) is 3.94. The van der Waals surface area contributed by atoms with Crippen molar-refractivity contribution in [2.24, 2.45) is 11.8 Å². The fraction of sp³-hybridized carbons (Fsp3) is 0.812. The zero-order chi connectivity index (χ0) is 15.7. The number of carbonyl (C=O) groups is 3. The molecule has 2 amide bonds. The molecule has 1 heterocycles. The number of rotatable bonds is 11. The molecule has 0 aromatic carbocycles. The number of unbranched alkanes of at least 4 members (excludes halogenated alkanes) is 4. The van der Waals surface area contributed by atoms with E-state index in [-0.39, 0.29) is 36.6 Å². The number of nitrogens with one attached hydrogen (secondary N) is 1. The van der Waals surface area contributed by atoms with E-state index >= 15 is 0 Å². The van der Waals surface area contributed by atoms with Crippen molar-refractivity contribution in [1.29, 1.82) is 0 Å². The maximum Gasteiger partial charge on any atom is 0.232 e. The second-order valence-corrected chi connectivity index (χ2v) is 5.96. The minimum absolute atomic E-state index is 0.147. The topological polar surface area (TPSA) is 66.5 Å². The Bertz CT molecular complexity index is 357. The molecule has 0 radical (unpaired) electrons. The third-order valence-corrected chi connectivity index (χ3v) is 3.94. The first-order valence-corrected chi connectivity index (χ1v) is 8.10. The summed E-state index contributed by atoms with van der Waals surface area (Å²) in [6.45, 7) is 5.57. The molecule has 0 saturated carbocycles. The van der Waals surface area contributed by atoms with Crippen LogP contribution in [0.1, 0.15) is 52.4 Å². The summed E-state index contributed by atoms with van der Waals surface area (Å²) >= 11 is 0. The van der Waals surface area contributed by atoms with Crippen molar-refractivity contribution >= 4 is 18.1 Å². The van der Waals surface area contributed by atoms with Gasteiger partial charge < -0.3 is 10.1 Å². The van der Waals surface area contributed by atoms with Crippen molar-refractivity contribution in [2.75, 3.05) is 19.6 Å². The number of likely N-dealkylation sites (tertiary alicyclic amines) is 1. The van der Waals surface area contributed by atoms with E-state index in [9.17, 15) is 14.4 Å². The summed E-state index contributed by atoms with van der Waals surface area (Å²) < 4.78 is 0. The van der Waals surface area contributed by atoms with Gasteiger partial charge in [0.1, 0.15) is 6.29 Å². The highest BCUT2D eigenvalue weighted by molar-refractivity contribution is 6.03. The second kappa shape index (κ2) is 9.66. The van der Waals surface area contributed by atoms with Gasteiger partial charge in [-0.1, -0.05) is 39.5 Å². The van der Waals surface area contributed by atoms with Gasteiger partial charge in [-0.3, -0.25) is 14.5 Å². The van der Waals surface area contributed by atoms with Gasteiger partial charge >= 0.3 is 0 Å². The van der Waals surface area contributed by atoms with Gasteiger partial charge in [-0.25, -0.2) is 0 Å². The summed E-state index contributed by atoms with van der Waals surface area (Å²) in [5.41, 5.74) is 0. The lowest BCUT2D eigenvalue weighted by Crippen LogP contribution is -2.39. The van der Waals surface area contributed by atoms with Crippen LogP contribution in [-0.2, 0) is 14.4 Å². The Kier molecular flexibility index (Phi) is 8.20. The van der Waals surface area contributed by atoms with Gasteiger partial charge in [0.15, 0.2) is 0 Å². The van der Waals surface area contributed by atoms with Crippen LogP contribution in [0.3, 0.4) is 0 Å². The van der Waals surface area contributed by atoms with E-state index < -0.39 is 0 Å². The summed E-state index contributed by atoms with van der Waals surface area (Å²) in [6, 6.07) is 0. The van der Waals surface area contributed by atoms with E-state index in [1.165, 1.54) is 30.6 Å². The van der Waals surface area contributed by atoms with Gasteiger partial charge in [-0.2, -0.15) is 0 Å². The highest BCUT2D eigenvalue weighted by Gasteiger charge is 2.36. The van der Waals surface area contributed by atoms with Crippen LogP contribution in [0.15, 0.2) is 0 Å². The van der Waals surface area contributed by atoms with Crippen molar-refractivity contribution in [2.45, 2.75) is 52.4 Å². The minimum Gasteiger partial charge on any atom is -0.316 e. The molecule has 1 rings (SSSR count). The van der Waals surface area contributed by atoms with Gasteiger partial charge in [0.2, 0.25) is 11.8 Å². The average molecular weight is 296 g/mol. The van der Waals surface area contributed by atoms with Crippen molar-refractivity contribution in [3.05, 3.63) is 0 Å². The molecule has 1 aliphatic heterocycles. The van der Waals surface area contributed by atoms with E-state index in [2.05, 4.69) is 12.2 Å². The van der Waals surface area contributed by atoms with E-state index in [0.717, 1.165) is 19.3 Å². The van der Waals surface area contributed by atoms with Crippen LogP contribution >= 0.6 is 0 Å². The summed E-state index contributed by atoms with van der Waals surface area (Å²) in [4.78, 5) is 35.9. The zero-order valence-corrected chi connectivity index (χ0v) is 13.3. The molecule has 21 heavy (non-hydrogen) atoms. The minimum atomic E-state index is -0.307. The maximum absolute atomic E-state index is 11.8. The number of amides is 2. The molecule has 1 N–H and O–H groups in total. The predicted octanol–water partition coefficient (Wildman–Crippen LogP) is 1.76. The molecule has 2 atom stereocenters. The first-order valence-electron chi connectivity index (χ1n) is 8.10. The van der Waals surface area contributed by atoms with Crippen LogP contribution in [0.2, 0.25) is 0 Å². The largest absolute Gasteiger partial charge is 0.316 e. The number of hydrogen-bond acceptors (Lipinski definition) is 4. The summed E-state index contributed by atoms with van der Waals surface area (Å²) in [7, 11) is 0. The van der Waals surface area contributed by atoms with Crippen LogP contribution in [0.5, 0.6) is 0 Å². The summed E-state index contributed by atoms with van der Waals surface area (Å²) in [6.07, 6.45) is 7.18. The molecule has 0 aromatic heterocycles. The highest BCUT2D eigenvalue weighted by atomic mass is 16.2. The molecule has 5 heteroatoms. The molecular weight excluding hydrogens is 268 g/mol. The molecule has 120 valence electrons. The van der Waals surface area contributed by atoms with Gasteiger partial charge in [0, 0.05) is 31.3 Å². The fourth-order valence-electron chi connectivity index (χ4n) is 2.57. The quantitative estimate of drug-likeness (QED) is 0.358. The first-order chi connectivity index (χ1) is 10.1. The molecule has 0 bridgehead atoms. The van der Waals surface area contributed by atoms with E-state index in [1.807, 2.05) is 0 Å². The van der Waals surface area contributed by atoms with Crippen LogP contribution in [0.4, 0.5) is 0 Å². The molecule has 1 fully saturated rings. The van der Waals surface area contributed by atoms with Crippen molar-refractivity contribution < 1.29 is 14.4 Å². The normalized spacial score (nSPS) is 20.1. The Labute approximate surface area is 127 Å². The lowest BCUT2D eigenvalue weighted by atomic mass is 10.1. The van der Waals surface area contributed by atoms with E-state index in [0.29, 0.717) is 6.54 Å². The second-order valence-electron chi connectivity index (χ2n) is 5.96. The molecule has 0 aliphatic carbocycles. The molecule has 5 nitrogen and oxygen atoms in total. The molecular formula is C16H28N2O3. The summed E-state index contributed by atoms with van der Waals surface area (Å²) in [5, 5.41) is 3.25. The standard InChI is InChI=1S/C16H28N2O3/c1-3-4-5-6-7-8-17-10-14(12-19)11-18-15(20)9-13(2)16(18)21/h12-14,17H,3-11H2,1-2H3. The monoisotopic (exact) mass is 296 g/mol. The third kappa shape index (κ3) is 5.96. The summed E-state index contributed by atoms with van der Waals surface area (Å²) in [5.74, 6) is -0.847. The number of nitrogens with zero attached hydrogens (tertiary/aromatic N) is 1.